The number of hydrogen-bond acceptors (Lipinski definition) is 3. The fourth-order valence-corrected chi connectivity index (χ4v) is 1.97. The molecule has 1 aliphatic heterocycles. The highest BCUT2D eigenvalue weighted by molar-refractivity contribution is 5.90. The minimum absolute atomic E-state index is 0.121. The van der Waals surface area contributed by atoms with Gasteiger partial charge in [0.05, 0.1) is 5.57 Å². The van der Waals surface area contributed by atoms with E-state index in [1.54, 1.807) is 0 Å². The van der Waals surface area contributed by atoms with Crippen molar-refractivity contribution in [2.75, 3.05) is 14.1 Å². The van der Waals surface area contributed by atoms with Crippen LogP contribution in [-0.2, 0) is 9.53 Å². The van der Waals surface area contributed by atoms with E-state index in [0.717, 1.165) is 18.4 Å². The first-order chi connectivity index (χ1) is 7.63. The number of hydrogen-bond donors (Lipinski definition) is 0. The molecule has 16 heavy (non-hydrogen) atoms. The number of ether oxygens (including phenoxy) is 1. The van der Waals surface area contributed by atoms with E-state index in [4.69, 9.17) is 4.74 Å². The van der Waals surface area contributed by atoms with Crippen molar-refractivity contribution in [3.8, 4) is 0 Å². The Morgan fingerprint density at radius 1 is 1.38 bits per heavy atom. The SMILES string of the molecule is CCCCCCC1C/C(=C/N(C)C)C(=O)O1. The van der Waals surface area contributed by atoms with E-state index in [1.165, 1.54) is 25.7 Å². The largest absolute Gasteiger partial charge is 0.459 e. The highest BCUT2D eigenvalue weighted by Crippen LogP contribution is 2.24. The average Bonchev–Trinajstić information content (AvgIpc) is 2.54. The van der Waals surface area contributed by atoms with Crippen LogP contribution in [0.1, 0.15) is 45.4 Å². The summed E-state index contributed by atoms with van der Waals surface area (Å²) in [6.45, 7) is 2.20. The van der Waals surface area contributed by atoms with Crippen molar-refractivity contribution in [1.29, 1.82) is 0 Å². The normalized spacial score (nSPS) is 22.6. The Bertz CT molecular complexity index is 259. The average molecular weight is 225 g/mol. The maximum atomic E-state index is 11.5. The van der Waals surface area contributed by atoms with Crippen molar-refractivity contribution in [1.82, 2.24) is 4.90 Å². The van der Waals surface area contributed by atoms with Crippen LogP contribution < -0.4 is 0 Å². The van der Waals surface area contributed by atoms with Crippen LogP contribution in [0.4, 0.5) is 0 Å². The van der Waals surface area contributed by atoms with Gasteiger partial charge in [0.15, 0.2) is 0 Å². The molecule has 0 aromatic heterocycles. The Labute approximate surface area is 98.5 Å². The van der Waals surface area contributed by atoms with Gasteiger partial charge in [-0.2, -0.15) is 0 Å². The van der Waals surface area contributed by atoms with Crippen molar-refractivity contribution < 1.29 is 9.53 Å². The molecular formula is C13H23NO2. The smallest absolute Gasteiger partial charge is 0.335 e. The maximum absolute atomic E-state index is 11.5. The lowest BCUT2D eigenvalue weighted by Gasteiger charge is -2.07. The number of unbranched alkanes of at least 4 members (excludes halogenated alkanes) is 3. The molecule has 1 unspecified atom stereocenters. The molecule has 0 bridgehead atoms. The first-order valence-electron chi connectivity index (χ1n) is 6.21. The van der Waals surface area contributed by atoms with Gasteiger partial charge < -0.3 is 9.64 Å². The molecule has 3 nitrogen and oxygen atoms in total. The molecule has 0 amide bonds. The molecule has 0 radical (unpaired) electrons. The van der Waals surface area contributed by atoms with Crippen LogP contribution in [0, 0.1) is 0 Å². The molecule has 92 valence electrons. The highest BCUT2D eigenvalue weighted by Gasteiger charge is 2.28. The third-order valence-corrected chi connectivity index (χ3v) is 2.78. The van der Waals surface area contributed by atoms with Gasteiger partial charge in [-0.15, -0.1) is 0 Å². The summed E-state index contributed by atoms with van der Waals surface area (Å²) in [6.07, 6.45) is 8.72. The lowest BCUT2D eigenvalue weighted by molar-refractivity contribution is -0.139. The first kappa shape index (κ1) is 13.1. The number of nitrogens with zero attached hydrogens (tertiary/aromatic N) is 1. The van der Waals surface area contributed by atoms with Gasteiger partial charge >= 0.3 is 5.97 Å². The molecule has 0 saturated carbocycles. The first-order valence-corrected chi connectivity index (χ1v) is 6.21. The lowest BCUT2D eigenvalue weighted by atomic mass is 10.1. The summed E-state index contributed by atoms with van der Waals surface area (Å²) >= 11 is 0. The number of rotatable bonds is 6. The third-order valence-electron chi connectivity index (χ3n) is 2.78. The van der Waals surface area contributed by atoms with Crippen molar-refractivity contribution in [3.63, 3.8) is 0 Å². The van der Waals surface area contributed by atoms with Crippen LogP contribution in [0.3, 0.4) is 0 Å². The molecule has 0 aromatic carbocycles. The van der Waals surface area contributed by atoms with Crippen LogP contribution in [0.15, 0.2) is 11.8 Å². The van der Waals surface area contributed by atoms with E-state index >= 15 is 0 Å². The van der Waals surface area contributed by atoms with Gasteiger partial charge in [0.2, 0.25) is 0 Å². The van der Waals surface area contributed by atoms with Crippen molar-refractivity contribution in [2.45, 2.75) is 51.6 Å². The van der Waals surface area contributed by atoms with E-state index < -0.39 is 0 Å². The second-order valence-electron chi connectivity index (χ2n) is 4.70. The van der Waals surface area contributed by atoms with E-state index in [-0.39, 0.29) is 12.1 Å². The predicted molar refractivity (Wildman–Crippen MR) is 65.0 cm³/mol. The summed E-state index contributed by atoms with van der Waals surface area (Å²) in [5, 5.41) is 0. The summed E-state index contributed by atoms with van der Waals surface area (Å²) in [6, 6.07) is 0. The highest BCUT2D eigenvalue weighted by atomic mass is 16.5. The second kappa shape index (κ2) is 6.56. The number of carbonyl (C=O) groups is 1. The molecule has 0 aliphatic carbocycles. The molecule has 3 heteroatoms. The van der Waals surface area contributed by atoms with E-state index in [9.17, 15) is 4.79 Å². The predicted octanol–water partition coefficient (Wildman–Crippen LogP) is 2.72. The Kier molecular flexibility index (Phi) is 5.36. The van der Waals surface area contributed by atoms with E-state index in [2.05, 4.69) is 6.92 Å². The van der Waals surface area contributed by atoms with Gasteiger partial charge in [-0.25, -0.2) is 4.79 Å². The fourth-order valence-electron chi connectivity index (χ4n) is 1.97. The molecular weight excluding hydrogens is 202 g/mol. The molecule has 0 spiro atoms. The molecule has 1 heterocycles. The summed E-state index contributed by atoms with van der Waals surface area (Å²) in [5.41, 5.74) is 0.811. The molecule has 0 aromatic rings. The summed E-state index contributed by atoms with van der Waals surface area (Å²) in [5.74, 6) is -0.130. The van der Waals surface area contributed by atoms with Gasteiger partial charge in [0.1, 0.15) is 6.10 Å². The van der Waals surface area contributed by atoms with Gasteiger partial charge in [-0.3, -0.25) is 0 Å². The number of esters is 1. The maximum Gasteiger partial charge on any atom is 0.335 e. The zero-order valence-electron chi connectivity index (χ0n) is 10.7. The van der Waals surface area contributed by atoms with Gasteiger partial charge in [-0.05, 0) is 12.8 Å². The van der Waals surface area contributed by atoms with Crippen molar-refractivity contribution in [3.05, 3.63) is 11.8 Å². The minimum Gasteiger partial charge on any atom is -0.459 e. The van der Waals surface area contributed by atoms with Crippen molar-refractivity contribution in [2.24, 2.45) is 0 Å². The Morgan fingerprint density at radius 2 is 2.12 bits per heavy atom. The van der Waals surface area contributed by atoms with Crippen LogP contribution in [0.2, 0.25) is 0 Å². The summed E-state index contributed by atoms with van der Waals surface area (Å²) < 4.78 is 5.32. The third kappa shape index (κ3) is 4.25. The zero-order chi connectivity index (χ0) is 12.0. The molecule has 1 rings (SSSR count). The van der Waals surface area contributed by atoms with Crippen LogP contribution in [0.25, 0.3) is 0 Å². The quantitative estimate of drug-likeness (QED) is 0.395. The second-order valence-corrected chi connectivity index (χ2v) is 4.70. The molecule has 0 N–H and O–H groups in total. The summed E-state index contributed by atoms with van der Waals surface area (Å²) in [7, 11) is 3.85. The van der Waals surface area contributed by atoms with E-state index in [1.807, 2.05) is 25.2 Å². The van der Waals surface area contributed by atoms with Crippen LogP contribution in [0.5, 0.6) is 0 Å². The summed E-state index contributed by atoms with van der Waals surface area (Å²) in [4.78, 5) is 13.4. The zero-order valence-corrected chi connectivity index (χ0v) is 10.7. The Morgan fingerprint density at radius 3 is 2.75 bits per heavy atom. The lowest BCUT2D eigenvalue weighted by Crippen LogP contribution is -2.06. The van der Waals surface area contributed by atoms with E-state index in [0.29, 0.717) is 0 Å². The van der Waals surface area contributed by atoms with Crippen LogP contribution >= 0.6 is 0 Å². The minimum atomic E-state index is -0.130. The molecule has 1 atom stereocenters. The topological polar surface area (TPSA) is 29.5 Å². The van der Waals surface area contributed by atoms with Crippen molar-refractivity contribution >= 4 is 5.97 Å². The Hall–Kier alpha value is -0.990. The van der Waals surface area contributed by atoms with Gasteiger partial charge in [0.25, 0.3) is 0 Å². The monoisotopic (exact) mass is 225 g/mol. The number of cyclic esters (lactones) is 1. The molecule has 1 saturated heterocycles. The van der Waals surface area contributed by atoms with Gasteiger partial charge in [-0.1, -0.05) is 26.2 Å². The van der Waals surface area contributed by atoms with Gasteiger partial charge in [0, 0.05) is 26.7 Å². The molecule has 1 fully saturated rings. The fraction of sp³-hybridized carbons (Fsp3) is 0.769. The van der Waals surface area contributed by atoms with Crippen LogP contribution in [-0.4, -0.2) is 31.1 Å². The standard InChI is InChI=1S/C13H23NO2/c1-4-5-6-7-8-12-9-11(10-14(2)3)13(15)16-12/h10,12H,4-9H2,1-3H3/b11-10-. The Balaban J connectivity index is 2.30. The number of carbonyl (C=O) groups excluding carboxylic acids is 1. The molecule has 1 aliphatic rings.